The lowest BCUT2D eigenvalue weighted by atomic mass is 9.65. The molecule has 2 heterocycles. The van der Waals surface area contributed by atoms with Crippen LogP contribution in [0.3, 0.4) is 0 Å². The fourth-order valence-corrected chi connectivity index (χ4v) is 7.90. The van der Waals surface area contributed by atoms with Crippen molar-refractivity contribution in [1.29, 1.82) is 0 Å². The molecule has 5 aromatic carbocycles. The SMILES string of the molecule is CC1(C)OB(c2ccc3c(c2)C2(c4ccccc4S3)c3ccccc3-c3cc4ccccc4cc32)OC1(C)C. The molecule has 1 unspecified atom stereocenters. The second-order valence-corrected chi connectivity index (χ2v) is 13.1. The van der Waals surface area contributed by atoms with Gasteiger partial charge in [-0.15, -0.1) is 0 Å². The van der Waals surface area contributed by atoms with Gasteiger partial charge in [0.15, 0.2) is 0 Å². The third-order valence-corrected chi connectivity index (χ3v) is 10.5. The Morgan fingerprint density at radius 3 is 1.92 bits per heavy atom. The molecule has 0 bridgehead atoms. The van der Waals surface area contributed by atoms with Crippen LogP contribution in [0.2, 0.25) is 0 Å². The Morgan fingerprint density at radius 2 is 1.15 bits per heavy atom. The van der Waals surface area contributed by atoms with Crippen LogP contribution in [0.25, 0.3) is 21.9 Å². The van der Waals surface area contributed by atoms with Gasteiger partial charge in [-0.1, -0.05) is 90.6 Å². The average Bonchev–Trinajstić information content (AvgIpc) is 3.34. The maximum Gasteiger partial charge on any atom is 0.494 e. The zero-order chi connectivity index (χ0) is 26.6. The van der Waals surface area contributed by atoms with E-state index in [-0.39, 0.29) is 0 Å². The molecule has 1 fully saturated rings. The molecule has 1 spiro atoms. The summed E-state index contributed by atoms with van der Waals surface area (Å²) in [5, 5.41) is 2.54. The van der Waals surface area contributed by atoms with Gasteiger partial charge in [0, 0.05) is 9.79 Å². The highest BCUT2D eigenvalue weighted by molar-refractivity contribution is 7.99. The smallest absolute Gasteiger partial charge is 0.399 e. The molecule has 1 aliphatic carbocycles. The van der Waals surface area contributed by atoms with Crippen molar-refractivity contribution in [3.05, 3.63) is 125 Å². The summed E-state index contributed by atoms with van der Waals surface area (Å²) in [6.45, 7) is 8.47. The first-order valence-corrected chi connectivity index (χ1v) is 14.5. The first-order valence-electron chi connectivity index (χ1n) is 13.7. The standard InChI is InChI=1S/C35H29BO2S/c1-33(2)34(3,4)38-36(37-33)24-17-18-32-30(21-24)35(28-15-9-10-16-31(28)39-32)27-14-8-7-13-25(27)26-19-22-11-5-6-12-23(22)20-29(26)35/h5-21H,1-4H3. The minimum atomic E-state index is -0.424. The van der Waals surface area contributed by atoms with E-state index < -0.39 is 23.7 Å². The Balaban J connectivity index is 1.46. The van der Waals surface area contributed by atoms with E-state index in [1.165, 1.54) is 53.9 Å². The Morgan fingerprint density at radius 1 is 0.538 bits per heavy atom. The van der Waals surface area contributed by atoms with Gasteiger partial charge in [-0.2, -0.15) is 0 Å². The summed E-state index contributed by atoms with van der Waals surface area (Å²) >= 11 is 1.87. The summed E-state index contributed by atoms with van der Waals surface area (Å²) in [6, 6.07) is 38.3. The maximum atomic E-state index is 6.53. The van der Waals surface area contributed by atoms with Crippen LogP contribution in [0.1, 0.15) is 49.9 Å². The Labute approximate surface area is 234 Å². The molecule has 0 saturated carbocycles. The van der Waals surface area contributed by atoms with Gasteiger partial charge in [0.2, 0.25) is 0 Å². The molecule has 0 radical (unpaired) electrons. The molecule has 2 aliphatic heterocycles. The number of hydrogen-bond donors (Lipinski definition) is 0. The first kappa shape index (κ1) is 23.6. The molecular formula is C35H29BO2S. The Kier molecular flexibility index (Phi) is 4.76. The molecule has 0 amide bonds. The van der Waals surface area contributed by atoms with Gasteiger partial charge < -0.3 is 9.31 Å². The van der Waals surface area contributed by atoms with E-state index in [2.05, 4.69) is 131 Å². The second kappa shape index (κ2) is 7.88. The second-order valence-electron chi connectivity index (χ2n) is 12.0. The predicted molar refractivity (Wildman–Crippen MR) is 161 cm³/mol. The molecule has 1 atom stereocenters. The van der Waals surface area contributed by atoms with Crippen LogP contribution in [0.15, 0.2) is 113 Å². The van der Waals surface area contributed by atoms with Crippen LogP contribution < -0.4 is 5.46 Å². The highest BCUT2D eigenvalue weighted by Crippen LogP contribution is 2.62. The van der Waals surface area contributed by atoms with E-state index in [0.717, 1.165) is 5.46 Å². The molecule has 1 saturated heterocycles. The molecule has 5 aromatic rings. The van der Waals surface area contributed by atoms with E-state index in [0.29, 0.717) is 0 Å². The molecule has 4 heteroatoms. The summed E-state index contributed by atoms with van der Waals surface area (Å²) in [6.07, 6.45) is 0. The molecule has 2 nitrogen and oxygen atoms in total. The van der Waals surface area contributed by atoms with Crippen molar-refractivity contribution in [3.8, 4) is 11.1 Å². The normalized spacial score (nSPS) is 21.5. The van der Waals surface area contributed by atoms with Crippen molar-refractivity contribution in [3.63, 3.8) is 0 Å². The highest BCUT2D eigenvalue weighted by Gasteiger charge is 2.54. The third kappa shape index (κ3) is 3.08. The van der Waals surface area contributed by atoms with Crippen LogP contribution in [-0.2, 0) is 14.7 Å². The van der Waals surface area contributed by atoms with E-state index in [1.54, 1.807) is 0 Å². The van der Waals surface area contributed by atoms with Crippen LogP contribution in [0, 0.1) is 0 Å². The summed E-state index contributed by atoms with van der Waals surface area (Å²) in [5.41, 5.74) is 7.83. The molecular weight excluding hydrogens is 495 g/mol. The Bertz CT molecular complexity index is 1810. The van der Waals surface area contributed by atoms with E-state index in [9.17, 15) is 0 Å². The molecule has 39 heavy (non-hydrogen) atoms. The minimum absolute atomic E-state index is 0.391. The van der Waals surface area contributed by atoms with Gasteiger partial charge in [-0.25, -0.2) is 0 Å². The fourth-order valence-electron chi connectivity index (χ4n) is 6.73. The van der Waals surface area contributed by atoms with Crippen LogP contribution >= 0.6 is 11.8 Å². The van der Waals surface area contributed by atoms with Gasteiger partial charge >= 0.3 is 7.12 Å². The quantitative estimate of drug-likeness (QED) is 0.203. The zero-order valence-electron chi connectivity index (χ0n) is 22.6. The molecule has 3 aliphatic rings. The van der Waals surface area contributed by atoms with Gasteiger partial charge in [-0.05, 0) is 102 Å². The fraction of sp³-hybridized carbons (Fsp3) is 0.200. The van der Waals surface area contributed by atoms with Gasteiger partial charge in [0.25, 0.3) is 0 Å². The lowest BCUT2D eigenvalue weighted by molar-refractivity contribution is 0.00578. The van der Waals surface area contributed by atoms with Crippen LogP contribution in [0.5, 0.6) is 0 Å². The summed E-state index contributed by atoms with van der Waals surface area (Å²) in [5.74, 6) is 0. The van der Waals surface area contributed by atoms with Crippen LogP contribution in [-0.4, -0.2) is 18.3 Å². The maximum absolute atomic E-state index is 6.53. The van der Waals surface area contributed by atoms with Crippen molar-refractivity contribution >= 4 is 35.1 Å². The zero-order valence-corrected chi connectivity index (χ0v) is 23.4. The monoisotopic (exact) mass is 524 g/mol. The lowest BCUT2D eigenvalue weighted by Gasteiger charge is -2.40. The highest BCUT2D eigenvalue weighted by atomic mass is 32.2. The van der Waals surface area contributed by atoms with E-state index in [4.69, 9.17) is 9.31 Å². The van der Waals surface area contributed by atoms with Crippen LogP contribution in [0.4, 0.5) is 0 Å². The molecule has 190 valence electrons. The third-order valence-electron chi connectivity index (χ3n) is 9.36. The van der Waals surface area contributed by atoms with E-state index in [1.807, 2.05) is 11.8 Å². The van der Waals surface area contributed by atoms with Gasteiger partial charge in [-0.3, -0.25) is 0 Å². The van der Waals surface area contributed by atoms with E-state index >= 15 is 0 Å². The molecule has 0 aromatic heterocycles. The van der Waals surface area contributed by atoms with Crippen molar-refractivity contribution in [2.75, 3.05) is 0 Å². The number of benzene rings is 5. The topological polar surface area (TPSA) is 18.5 Å². The number of hydrogen-bond acceptors (Lipinski definition) is 3. The van der Waals surface area contributed by atoms with Crippen molar-refractivity contribution in [2.45, 2.75) is 54.1 Å². The lowest BCUT2D eigenvalue weighted by Crippen LogP contribution is -2.41. The molecule has 0 N–H and O–H groups in total. The van der Waals surface area contributed by atoms with Crippen molar-refractivity contribution in [1.82, 2.24) is 0 Å². The minimum Gasteiger partial charge on any atom is -0.399 e. The largest absolute Gasteiger partial charge is 0.494 e. The van der Waals surface area contributed by atoms with Gasteiger partial charge in [0.1, 0.15) is 0 Å². The summed E-state index contributed by atoms with van der Waals surface area (Å²) in [7, 11) is -0.410. The number of fused-ring (bicyclic) bond motifs is 10. The Hall–Kier alpha value is -3.31. The van der Waals surface area contributed by atoms with Crippen molar-refractivity contribution in [2.24, 2.45) is 0 Å². The molecule has 8 rings (SSSR count). The predicted octanol–water partition coefficient (Wildman–Crippen LogP) is 7.97. The summed E-state index contributed by atoms with van der Waals surface area (Å²) in [4.78, 5) is 2.59. The summed E-state index contributed by atoms with van der Waals surface area (Å²) < 4.78 is 13.1. The first-order chi connectivity index (χ1) is 18.8. The van der Waals surface area contributed by atoms with Gasteiger partial charge in [0.05, 0.1) is 16.6 Å². The number of rotatable bonds is 1. The average molecular weight is 524 g/mol. The van der Waals surface area contributed by atoms with Crippen molar-refractivity contribution < 1.29 is 9.31 Å².